The van der Waals surface area contributed by atoms with Gasteiger partial charge in [0.15, 0.2) is 34.7 Å². The highest BCUT2D eigenvalue weighted by molar-refractivity contribution is 6.32. The van der Waals surface area contributed by atoms with Gasteiger partial charge in [0.2, 0.25) is 5.91 Å². The lowest BCUT2D eigenvalue weighted by molar-refractivity contribution is -0.181. The molecule has 1 heterocycles. The van der Waals surface area contributed by atoms with Gasteiger partial charge in [-0.3, -0.25) is 33.8 Å². The fourth-order valence-corrected chi connectivity index (χ4v) is 7.69. The number of carbonyl (C=O) groups excluding carboxylic acids is 5. The molecule has 0 spiro atoms. The third-order valence-electron chi connectivity index (χ3n) is 9.76. The molecule has 1 aliphatic heterocycles. The summed E-state index contributed by atoms with van der Waals surface area (Å²) >= 11 is 0. The van der Waals surface area contributed by atoms with E-state index in [0.717, 1.165) is 0 Å². The van der Waals surface area contributed by atoms with Crippen LogP contribution in [0.25, 0.3) is 0 Å². The number of anilines is 1. The molecule has 4 N–H and O–H groups in total. The van der Waals surface area contributed by atoms with Crippen LogP contribution in [0.3, 0.4) is 0 Å². The number of phenols is 1. The molecular weight excluding hydrogens is 542 g/mol. The molecule has 224 valence electrons. The number of benzene rings is 1. The molecule has 12 nitrogen and oxygen atoms in total. The van der Waals surface area contributed by atoms with E-state index in [1.165, 1.54) is 4.90 Å². The summed E-state index contributed by atoms with van der Waals surface area (Å²) in [6.45, 7) is 1.66. The van der Waals surface area contributed by atoms with E-state index in [1.54, 1.807) is 14.1 Å². The number of nitrogens with two attached hydrogens (primary N) is 1. The molecule has 6 atom stereocenters. The standard InChI is InChI=1S/C30H37N5O7/c1-33(2)19-11-16(13-35-7-5-14(12-31)6-8-35)24(36)21-17(19)9-15-10-18-23(34(3)4)26(38)22(29(32)41)28(40)30(18,42)27(39)20(15)25(21)37/h11,14-15,18,20,22-23,36,42H,5-10,13H2,1-4H3,(H2,32,41)/t15-,18-,20?,22?,23-,30-/m0/s1. The Morgan fingerprint density at radius 3 is 2.33 bits per heavy atom. The van der Waals surface area contributed by atoms with Gasteiger partial charge < -0.3 is 20.8 Å². The number of ketones is 4. The maximum absolute atomic E-state index is 14.2. The third kappa shape index (κ3) is 4.33. The fraction of sp³-hybridized carbons (Fsp3) is 0.600. The molecule has 1 saturated heterocycles. The normalized spacial score (nSPS) is 31.8. The Balaban J connectivity index is 1.58. The highest BCUT2D eigenvalue weighted by atomic mass is 16.3. The van der Waals surface area contributed by atoms with Crippen molar-refractivity contribution in [1.29, 1.82) is 5.26 Å². The number of nitrogens with zero attached hydrogens (tertiary/aromatic N) is 4. The second kappa shape index (κ2) is 10.6. The van der Waals surface area contributed by atoms with Gasteiger partial charge in [-0.2, -0.15) is 5.26 Å². The minimum absolute atomic E-state index is 0.00490. The summed E-state index contributed by atoms with van der Waals surface area (Å²) in [4.78, 5) is 72.6. The Morgan fingerprint density at radius 2 is 1.79 bits per heavy atom. The van der Waals surface area contributed by atoms with E-state index < -0.39 is 64.4 Å². The summed E-state index contributed by atoms with van der Waals surface area (Å²) in [7, 11) is 6.75. The number of likely N-dealkylation sites (N-methyl/N-ethyl adjacent to an activating group) is 1. The molecule has 4 aliphatic rings. The van der Waals surface area contributed by atoms with Gasteiger partial charge in [0.05, 0.1) is 23.6 Å². The lowest BCUT2D eigenvalue weighted by Crippen LogP contribution is -2.74. The molecule has 3 aliphatic carbocycles. The average Bonchev–Trinajstić information content (AvgIpc) is 2.92. The van der Waals surface area contributed by atoms with E-state index in [1.807, 2.05) is 25.1 Å². The SMILES string of the molecule is CN(C)c1cc(CN2CCC(C#N)CC2)c(O)c2c1C[C@H]1C[C@H]3[C@H](N(C)C)C(=O)C(C(N)=O)C(=O)[C@@]3(O)C(=O)C1C2=O. The predicted molar refractivity (Wildman–Crippen MR) is 149 cm³/mol. The summed E-state index contributed by atoms with van der Waals surface area (Å²) in [6.07, 6.45) is 1.63. The molecular formula is C30H37N5O7. The number of phenolic OH excluding ortho intramolecular Hbond substituents is 1. The van der Waals surface area contributed by atoms with Gasteiger partial charge in [0, 0.05) is 43.7 Å². The first-order chi connectivity index (χ1) is 19.7. The van der Waals surface area contributed by atoms with E-state index in [-0.39, 0.29) is 30.1 Å². The van der Waals surface area contributed by atoms with Crippen LogP contribution in [0.2, 0.25) is 0 Å². The number of aromatic hydroxyl groups is 1. The van der Waals surface area contributed by atoms with E-state index >= 15 is 0 Å². The number of aliphatic hydroxyl groups is 1. The molecule has 12 heteroatoms. The number of carbonyl (C=O) groups is 5. The first-order valence-corrected chi connectivity index (χ1v) is 14.3. The van der Waals surface area contributed by atoms with Crippen LogP contribution < -0.4 is 10.6 Å². The van der Waals surface area contributed by atoms with E-state index in [9.17, 15) is 39.4 Å². The monoisotopic (exact) mass is 579 g/mol. The highest BCUT2D eigenvalue weighted by Gasteiger charge is 2.69. The van der Waals surface area contributed by atoms with Crippen molar-refractivity contribution in [1.82, 2.24) is 9.80 Å². The van der Waals surface area contributed by atoms with E-state index in [2.05, 4.69) is 11.0 Å². The van der Waals surface area contributed by atoms with Crippen molar-refractivity contribution in [2.24, 2.45) is 35.3 Å². The second-order valence-corrected chi connectivity index (χ2v) is 12.6. The predicted octanol–water partition coefficient (Wildman–Crippen LogP) is -0.331. The third-order valence-corrected chi connectivity index (χ3v) is 9.76. The van der Waals surface area contributed by atoms with Crippen LogP contribution in [0, 0.1) is 40.9 Å². The quantitative estimate of drug-likeness (QED) is 0.388. The van der Waals surface area contributed by atoms with Crippen LogP contribution in [-0.4, -0.2) is 102 Å². The topological polar surface area (TPSA) is 185 Å². The lowest BCUT2D eigenvalue weighted by atomic mass is 9.52. The van der Waals surface area contributed by atoms with Gasteiger partial charge in [-0.05, 0) is 70.4 Å². The van der Waals surface area contributed by atoms with Crippen molar-refractivity contribution in [2.45, 2.75) is 43.9 Å². The summed E-state index contributed by atoms with van der Waals surface area (Å²) < 4.78 is 0. The van der Waals surface area contributed by atoms with Crippen LogP contribution in [0.5, 0.6) is 5.75 Å². The molecule has 0 radical (unpaired) electrons. The molecule has 0 bridgehead atoms. The Bertz CT molecular complexity index is 1420. The van der Waals surface area contributed by atoms with Crippen molar-refractivity contribution in [3.05, 3.63) is 22.8 Å². The largest absolute Gasteiger partial charge is 0.507 e. The first-order valence-electron chi connectivity index (χ1n) is 14.3. The molecule has 0 aromatic heterocycles. The van der Waals surface area contributed by atoms with Crippen molar-refractivity contribution in [2.75, 3.05) is 46.2 Å². The number of amides is 1. The van der Waals surface area contributed by atoms with Crippen molar-refractivity contribution < 1.29 is 34.2 Å². The Kier molecular flexibility index (Phi) is 7.50. The number of likely N-dealkylation sites (tertiary alicyclic amines) is 1. The summed E-state index contributed by atoms with van der Waals surface area (Å²) in [5, 5.41) is 32.5. The van der Waals surface area contributed by atoms with Crippen LogP contribution >= 0.6 is 0 Å². The molecule has 1 amide bonds. The molecule has 1 aromatic carbocycles. The van der Waals surface area contributed by atoms with Gasteiger partial charge in [-0.15, -0.1) is 0 Å². The zero-order valence-electron chi connectivity index (χ0n) is 24.3. The van der Waals surface area contributed by atoms with Gasteiger partial charge in [0.1, 0.15) is 5.75 Å². The molecule has 3 fully saturated rings. The fourth-order valence-electron chi connectivity index (χ4n) is 7.69. The molecule has 2 saturated carbocycles. The Labute approximate surface area is 244 Å². The van der Waals surface area contributed by atoms with E-state index in [0.29, 0.717) is 49.3 Å². The summed E-state index contributed by atoms with van der Waals surface area (Å²) in [5.41, 5.74) is 4.41. The minimum atomic E-state index is -2.75. The van der Waals surface area contributed by atoms with Crippen LogP contribution in [0.1, 0.15) is 40.7 Å². The Hall–Kier alpha value is -3.66. The maximum Gasteiger partial charge on any atom is 0.235 e. The number of primary amides is 1. The average molecular weight is 580 g/mol. The highest BCUT2D eigenvalue weighted by Crippen LogP contribution is 2.52. The zero-order chi connectivity index (χ0) is 30.8. The summed E-state index contributed by atoms with van der Waals surface area (Å²) in [6, 6.07) is 3.00. The van der Waals surface area contributed by atoms with Gasteiger partial charge in [-0.1, -0.05) is 0 Å². The number of piperidine rings is 1. The lowest BCUT2D eigenvalue weighted by Gasteiger charge is -2.52. The van der Waals surface area contributed by atoms with Crippen molar-refractivity contribution >= 4 is 34.7 Å². The minimum Gasteiger partial charge on any atom is -0.507 e. The van der Waals surface area contributed by atoms with Crippen LogP contribution in [0.15, 0.2) is 6.07 Å². The number of fused-ring (bicyclic) bond motifs is 3. The molecule has 42 heavy (non-hydrogen) atoms. The first kappa shape index (κ1) is 29.8. The summed E-state index contributed by atoms with van der Waals surface area (Å²) in [5.74, 6) is -10.5. The van der Waals surface area contributed by atoms with Crippen molar-refractivity contribution in [3.63, 3.8) is 0 Å². The van der Waals surface area contributed by atoms with Gasteiger partial charge in [-0.25, -0.2) is 0 Å². The van der Waals surface area contributed by atoms with Gasteiger partial charge >= 0.3 is 0 Å². The number of rotatable bonds is 5. The zero-order valence-corrected chi connectivity index (χ0v) is 24.3. The van der Waals surface area contributed by atoms with Crippen LogP contribution in [-0.2, 0) is 32.1 Å². The second-order valence-electron chi connectivity index (χ2n) is 12.6. The molecule has 1 aromatic rings. The molecule has 5 rings (SSSR count). The Morgan fingerprint density at radius 1 is 1.14 bits per heavy atom. The smallest absolute Gasteiger partial charge is 0.235 e. The molecule has 2 unspecified atom stereocenters. The number of hydrogen-bond acceptors (Lipinski definition) is 11. The van der Waals surface area contributed by atoms with Crippen molar-refractivity contribution in [3.8, 4) is 11.8 Å². The van der Waals surface area contributed by atoms with E-state index in [4.69, 9.17) is 5.73 Å². The number of hydrogen-bond donors (Lipinski definition) is 3. The van der Waals surface area contributed by atoms with Gasteiger partial charge in [0.25, 0.3) is 0 Å². The maximum atomic E-state index is 14.2. The number of nitriles is 1. The number of Topliss-reactive ketones (excluding diaryl/α,β-unsaturated/α-hetero) is 4. The van der Waals surface area contributed by atoms with Crippen LogP contribution in [0.4, 0.5) is 5.69 Å².